The molecule has 0 saturated heterocycles. The highest BCUT2D eigenvalue weighted by Crippen LogP contribution is 2.17. The molecule has 0 saturated carbocycles. The molecule has 0 aliphatic rings. The first-order valence-corrected chi connectivity index (χ1v) is 6.20. The predicted octanol–water partition coefficient (Wildman–Crippen LogP) is 2.30. The second-order valence-electron chi connectivity index (χ2n) is 6.22. The van der Waals surface area contributed by atoms with Gasteiger partial charge in [-0.2, -0.15) is 0 Å². The van der Waals surface area contributed by atoms with Crippen LogP contribution in [-0.2, 0) is 4.79 Å². The molecule has 0 heterocycles. The van der Waals surface area contributed by atoms with Gasteiger partial charge in [0.1, 0.15) is 0 Å². The number of amides is 1. The van der Waals surface area contributed by atoms with Crippen molar-refractivity contribution in [3.05, 3.63) is 0 Å². The van der Waals surface area contributed by atoms with Crippen molar-refractivity contribution >= 4 is 5.91 Å². The number of nitrogens with one attached hydrogen (secondary N) is 1. The van der Waals surface area contributed by atoms with Gasteiger partial charge in [-0.15, -0.1) is 0 Å². The molecule has 2 unspecified atom stereocenters. The Morgan fingerprint density at radius 1 is 1.19 bits per heavy atom. The molecule has 0 aromatic heterocycles. The van der Waals surface area contributed by atoms with E-state index in [2.05, 4.69) is 19.2 Å². The van der Waals surface area contributed by atoms with Crippen LogP contribution in [-0.4, -0.2) is 18.0 Å². The highest BCUT2D eigenvalue weighted by Gasteiger charge is 2.27. The lowest BCUT2D eigenvalue weighted by Gasteiger charge is -2.27. The lowest BCUT2D eigenvalue weighted by molar-refractivity contribution is -0.125. The molecule has 0 aliphatic heterocycles. The van der Waals surface area contributed by atoms with Crippen LogP contribution in [0.3, 0.4) is 0 Å². The maximum absolute atomic E-state index is 11.8. The number of carbonyl (C=O) groups is 1. The van der Waals surface area contributed by atoms with Gasteiger partial charge >= 0.3 is 0 Å². The molecule has 3 N–H and O–H groups in total. The van der Waals surface area contributed by atoms with Crippen LogP contribution in [0.2, 0.25) is 0 Å². The first-order chi connectivity index (χ1) is 7.14. The molecule has 0 spiro atoms. The van der Waals surface area contributed by atoms with Crippen LogP contribution >= 0.6 is 0 Å². The van der Waals surface area contributed by atoms with Gasteiger partial charge in [0.05, 0.1) is 6.04 Å². The molecule has 0 aromatic carbocycles. The maximum atomic E-state index is 11.8. The van der Waals surface area contributed by atoms with Gasteiger partial charge in [0.15, 0.2) is 0 Å². The van der Waals surface area contributed by atoms with Crippen LogP contribution < -0.4 is 11.1 Å². The number of hydrogen-bond donors (Lipinski definition) is 2. The Balaban J connectivity index is 4.05. The first-order valence-electron chi connectivity index (χ1n) is 6.20. The average Bonchev–Trinajstić information content (AvgIpc) is 2.11. The van der Waals surface area contributed by atoms with Crippen LogP contribution in [0.5, 0.6) is 0 Å². The van der Waals surface area contributed by atoms with E-state index < -0.39 is 6.04 Å². The van der Waals surface area contributed by atoms with E-state index in [-0.39, 0.29) is 17.4 Å². The molecule has 1 amide bonds. The summed E-state index contributed by atoms with van der Waals surface area (Å²) in [6.07, 6.45) is 2.15. The first kappa shape index (κ1) is 15.4. The molecule has 3 nitrogen and oxygen atoms in total. The van der Waals surface area contributed by atoms with Gasteiger partial charge in [0.25, 0.3) is 0 Å². The lowest BCUT2D eigenvalue weighted by atomic mass is 9.86. The third-order valence-electron chi connectivity index (χ3n) is 2.78. The smallest absolute Gasteiger partial charge is 0.237 e. The minimum Gasteiger partial charge on any atom is -0.352 e. The monoisotopic (exact) mass is 228 g/mol. The fraction of sp³-hybridized carbons (Fsp3) is 0.923. The fourth-order valence-electron chi connectivity index (χ4n) is 1.38. The Morgan fingerprint density at radius 3 is 2.06 bits per heavy atom. The lowest BCUT2D eigenvalue weighted by Crippen LogP contribution is -2.50. The summed E-state index contributed by atoms with van der Waals surface area (Å²) < 4.78 is 0. The zero-order chi connectivity index (χ0) is 12.9. The van der Waals surface area contributed by atoms with E-state index in [4.69, 9.17) is 5.73 Å². The largest absolute Gasteiger partial charge is 0.352 e. The summed E-state index contributed by atoms with van der Waals surface area (Å²) in [4.78, 5) is 11.8. The summed E-state index contributed by atoms with van der Waals surface area (Å²) >= 11 is 0. The van der Waals surface area contributed by atoms with Gasteiger partial charge in [0, 0.05) is 6.04 Å². The molecular formula is C13H28N2O. The number of carbonyl (C=O) groups excluding carboxylic acids is 1. The Kier molecular flexibility index (Phi) is 6.01. The zero-order valence-corrected chi connectivity index (χ0v) is 11.6. The summed E-state index contributed by atoms with van der Waals surface area (Å²) in [5.74, 6) is 0.638. The molecule has 0 bridgehead atoms. The highest BCUT2D eigenvalue weighted by molar-refractivity contribution is 5.82. The number of hydrogen-bond acceptors (Lipinski definition) is 2. The normalized spacial score (nSPS) is 16.0. The van der Waals surface area contributed by atoms with E-state index in [1.54, 1.807) is 0 Å². The van der Waals surface area contributed by atoms with Gasteiger partial charge < -0.3 is 11.1 Å². The van der Waals surface area contributed by atoms with E-state index in [0.29, 0.717) is 5.92 Å². The van der Waals surface area contributed by atoms with Crippen LogP contribution in [0.4, 0.5) is 0 Å². The van der Waals surface area contributed by atoms with Crippen LogP contribution in [0.25, 0.3) is 0 Å². The molecule has 2 atom stereocenters. The summed E-state index contributed by atoms with van der Waals surface area (Å²) in [5.41, 5.74) is 5.71. The zero-order valence-electron chi connectivity index (χ0n) is 11.6. The minimum absolute atomic E-state index is 0.0382. The topological polar surface area (TPSA) is 55.1 Å². The number of nitrogens with two attached hydrogens (primary N) is 1. The third-order valence-corrected chi connectivity index (χ3v) is 2.78. The fourth-order valence-corrected chi connectivity index (χ4v) is 1.38. The molecule has 16 heavy (non-hydrogen) atoms. The van der Waals surface area contributed by atoms with Crippen molar-refractivity contribution in [1.29, 1.82) is 0 Å². The summed E-state index contributed by atoms with van der Waals surface area (Å²) in [6.45, 7) is 12.4. The second-order valence-corrected chi connectivity index (χ2v) is 6.22. The Morgan fingerprint density at radius 2 is 1.69 bits per heavy atom. The van der Waals surface area contributed by atoms with E-state index in [0.717, 1.165) is 12.8 Å². The van der Waals surface area contributed by atoms with Crippen molar-refractivity contribution in [2.24, 2.45) is 17.1 Å². The molecule has 0 radical (unpaired) electrons. The van der Waals surface area contributed by atoms with Crippen molar-refractivity contribution in [3.8, 4) is 0 Å². The Labute approximate surface area is 100 Å². The van der Waals surface area contributed by atoms with Crippen molar-refractivity contribution in [2.45, 2.75) is 66.5 Å². The summed E-state index contributed by atoms with van der Waals surface area (Å²) in [6, 6.07) is -0.225. The van der Waals surface area contributed by atoms with E-state index in [1.807, 2.05) is 27.7 Å². The van der Waals surface area contributed by atoms with Crippen molar-refractivity contribution in [2.75, 3.05) is 0 Å². The molecule has 0 fully saturated rings. The number of rotatable bonds is 5. The molecule has 0 aliphatic carbocycles. The summed E-state index contributed by atoms with van der Waals surface area (Å²) in [5, 5.41) is 2.98. The van der Waals surface area contributed by atoms with Crippen LogP contribution in [0.15, 0.2) is 0 Å². The van der Waals surface area contributed by atoms with Crippen molar-refractivity contribution in [3.63, 3.8) is 0 Å². The van der Waals surface area contributed by atoms with E-state index in [1.165, 1.54) is 0 Å². The Bertz CT molecular complexity index is 218. The molecule has 0 rings (SSSR count). The van der Waals surface area contributed by atoms with Crippen molar-refractivity contribution < 1.29 is 4.79 Å². The van der Waals surface area contributed by atoms with Crippen molar-refractivity contribution in [1.82, 2.24) is 5.32 Å². The maximum Gasteiger partial charge on any atom is 0.237 e. The van der Waals surface area contributed by atoms with Gasteiger partial charge in [0.2, 0.25) is 5.91 Å². The van der Waals surface area contributed by atoms with Crippen LogP contribution in [0.1, 0.15) is 54.4 Å². The SMILES string of the molecule is CC(C)CCC(C)NC(=O)C(N)C(C)(C)C. The molecular weight excluding hydrogens is 200 g/mol. The third kappa shape index (κ3) is 6.11. The molecule has 3 heteroatoms. The van der Waals surface area contributed by atoms with Gasteiger partial charge in [-0.3, -0.25) is 4.79 Å². The Hall–Kier alpha value is -0.570. The van der Waals surface area contributed by atoms with E-state index >= 15 is 0 Å². The van der Waals surface area contributed by atoms with E-state index in [9.17, 15) is 4.79 Å². The standard InChI is InChI=1S/C13H28N2O/c1-9(2)7-8-10(3)15-12(16)11(14)13(4,5)6/h9-11H,7-8,14H2,1-6H3,(H,15,16). The predicted molar refractivity (Wildman–Crippen MR) is 69.1 cm³/mol. The van der Waals surface area contributed by atoms with Gasteiger partial charge in [-0.05, 0) is 31.1 Å². The molecule has 0 aromatic rings. The second kappa shape index (κ2) is 6.24. The molecule has 96 valence electrons. The average molecular weight is 228 g/mol. The van der Waals surface area contributed by atoms with Crippen LogP contribution in [0, 0.1) is 11.3 Å². The van der Waals surface area contributed by atoms with Gasteiger partial charge in [-0.25, -0.2) is 0 Å². The quantitative estimate of drug-likeness (QED) is 0.758. The summed E-state index contributed by atoms with van der Waals surface area (Å²) in [7, 11) is 0. The van der Waals surface area contributed by atoms with Gasteiger partial charge in [-0.1, -0.05) is 34.6 Å². The highest BCUT2D eigenvalue weighted by atomic mass is 16.2. The minimum atomic E-state index is -0.436.